The molecule has 0 radical (unpaired) electrons. The molecule has 1 aromatic carbocycles. The van der Waals surface area contributed by atoms with E-state index in [4.69, 9.17) is 5.21 Å². The van der Waals surface area contributed by atoms with Gasteiger partial charge in [-0.25, -0.2) is 8.42 Å². The number of thioether (sulfide) groups is 1. The van der Waals surface area contributed by atoms with Gasteiger partial charge >= 0.3 is 0 Å². The number of hydrogen-bond donors (Lipinski definition) is 1. The molecule has 19 heavy (non-hydrogen) atoms. The van der Waals surface area contributed by atoms with Crippen LogP contribution in [-0.2, 0) is 10.0 Å². The molecule has 0 amide bonds. The van der Waals surface area contributed by atoms with E-state index < -0.39 is 10.0 Å². The van der Waals surface area contributed by atoms with Crippen molar-refractivity contribution < 1.29 is 13.6 Å². The van der Waals surface area contributed by atoms with Crippen molar-refractivity contribution in [2.24, 2.45) is 5.16 Å². The number of oxime groups is 1. The summed E-state index contributed by atoms with van der Waals surface area (Å²) < 4.78 is 26.1. The molecule has 0 fully saturated rings. The number of rotatable bonds is 0. The molecule has 0 saturated heterocycles. The Labute approximate surface area is 115 Å². The fraction of sp³-hybridized carbons (Fsp3) is 0.250. The zero-order valence-corrected chi connectivity index (χ0v) is 11.8. The SMILES string of the molecule is CN1C2=C(SCC/C2=N/O)c2ccccc2S1(=O)=O. The van der Waals surface area contributed by atoms with Crippen molar-refractivity contribution in [1.82, 2.24) is 4.31 Å². The highest BCUT2D eigenvalue weighted by atomic mass is 32.2. The van der Waals surface area contributed by atoms with E-state index in [9.17, 15) is 8.42 Å². The van der Waals surface area contributed by atoms with Crippen LogP contribution < -0.4 is 0 Å². The first-order valence-electron chi connectivity index (χ1n) is 5.74. The molecule has 0 unspecified atom stereocenters. The van der Waals surface area contributed by atoms with Gasteiger partial charge in [0.1, 0.15) is 5.71 Å². The molecule has 1 aromatic rings. The summed E-state index contributed by atoms with van der Waals surface area (Å²) in [5.41, 5.74) is 1.62. The molecule has 2 heterocycles. The lowest BCUT2D eigenvalue weighted by Gasteiger charge is -2.33. The highest BCUT2D eigenvalue weighted by Crippen LogP contribution is 2.45. The van der Waals surface area contributed by atoms with Gasteiger partial charge in [-0.3, -0.25) is 4.31 Å². The van der Waals surface area contributed by atoms with E-state index in [1.165, 1.54) is 11.4 Å². The molecule has 0 aromatic heterocycles. The molecule has 2 aliphatic rings. The third-order valence-corrected chi connectivity index (χ3v) is 6.21. The lowest BCUT2D eigenvalue weighted by atomic mass is 10.1. The van der Waals surface area contributed by atoms with Crippen molar-refractivity contribution in [1.29, 1.82) is 0 Å². The van der Waals surface area contributed by atoms with Crippen LogP contribution in [0.5, 0.6) is 0 Å². The molecule has 5 nitrogen and oxygen atoms in total. The average Bonchev–Trinajstić information content (AvgIpc) is 2.44. The minimum atomic E-state index is -3.56. The summed E-state index contributed by atoms with van der Waals surface area (Å²) in [7, 11) is -2.07. The smallest absolute Gasteiger partial charge is 0.264 e. The lowest BCUT2D eigenvalue weighted by Crippen LogP contribution is -2.36. The Balaban J connectivity index is 2.38. The maximum atomic E-state index is 12.5. The topological polar surface area (TPSA) is 70.0 Å². The zero-order valence-electron chi connectivity index (χ0n) is 10.2. The molecule has 100 valence electrons. The Morgan fingerprint density at radius 2 is 2.11 bits per heavy atom. The van der Waals surface area contributed by atoms with Crippen LogP contribution in [0.1, 0.15) is 12.0 Å². The summed E-state index contributed by atoms with van der Waals surface area (Å²) in [5, 5.41) is 12.3. The van der Waals surface area contributed by atoms with E-state index >= 15 is 0 Å². The molecule has 3 rings (SSSR count). The average molecular weight is 296 g/mol. The zero-order chi connectivity index (χ0) is 13.6. The van der Waals surface area contributed by atoms with Crippen LogP contribution in [-0.4, -0.2) is 36.4 Å². The van der Waals surface area contributed by atoms with Gasteiger partial charge in [0, 0.05) is 29.7 Å². The molecule has 0 saturated carbocycles. The van der Waals surface area contributed by atoms with Crippen LogP contribution in [0.15, 0.2) is 40.0 Å². The normalized spacial score (nSPS) is 23.2. The summed E-state index contributed by atoms with van der Waals surface area (Å²) in [5.74, 6) is 0.778. The van der Waals surface area contributed by atoms with Gasteiger partial charge in [0.05, 0.1) is 10.6 Å². The van der Waals surface area contributed by atoms with Crippen LogP contribution in [0.2, 0.25) is 0 Å². The Hall–Kier alpha value is -1.47. The Bertz CT molecular complexity index is 707. The highest BCUT2D eigenvalue weighted by Gasteiger charge is 2.38. The minimum absolute atomic E-state index is 0.308. The first kappa shape index (κ1) is 12.6. The van der Waals surface area contributed by atoms with Crippen LogP contribution >= 0.6 is 11.8 Å². The highest BCUT2D eigenvalue weighted by molar-refractivity contribution is 8.08. The van der Waals surface area contributed by atoms with E-state index in [1.54, 1.807) is 30.0 Å². The quantitative estimate of drug-likeness (QED) is 0.587. The third-order valence-electron chi connectivity index (χ3n) is 3.28. The van der Waals surface area contributed by atoms with Crippen LogP contribution in [0.25, 0.3) is 4.91 Å². The third kappa shape index (κ3) is 1.68. The molecule has 0 atom stereocenters. The Morgan fingerprint density at radius 1 is 1.37 bits per heavy atom. The van der Waals surface area contributed by atoms with Crippen LogP contribution in [0, 0.1) is 0 Å². The number of allylic oxidation sites excluding steroid dienone is 1. The van der Waals surface area contributed by atoms with Gasteiger partial charge in [0.15, 0.2) is 0 Å². The summed E-state index contributed by atoms with van der Waals surface area (Å²) in [6.07, 6.45) is 0.558. The fourth-order valence-corrected chi connectivity index (χ4v) is 5.12. The van der Waals surface area contributed by atoms with E-state index in [-0.39, 0.29) is 0 Å². The van der Waals surface area contributed by atoms with Gasteiger partial charge in [-0.15, -0.1) is 11.8 Å². The molecule has 0 bridgehead atoms. The molecule has 1 N–H and O–H groups in total. The number of nitrogens with zero attached hydrogens (tertiary/aromatic N) is 2. The molecular formula is C12H12N2O3S2. The van der Waals surface area contributed by atoms with Crippen LogP contribution in [0.3, 0.4) is 0 Å². The van der Waals surface area contributed by atoms with Crippen molar-refractivity contribution in [3.05, 3.63) is 35.5 Å². The summed E-state index contributed by atoms with van der Waals surface area (Å²) in [6.45, 7) is 0. The van der Waals surface area contributed by atoms with Crippen molar-refractivity contribution in [3.63, 3.8) is 0 Å². The fourth-order valence-electron chi connectivity index (χ4n) is 2.34. The van der Waals surface area contributed by atoms with Gasteiger partial charge in [0.2, 0.25) is 0 Å². The monoisotopic (exact) mass is 296 g/mol. The molecule has 2 aliphatic heterocycles. The number of sulfonamides is 1. The number of benzene rings is 1. The van der Waals surface area contributed by atoms with Crippen molar-refractivity contribution in [2.45, 2.75) is 11.3 Å². The van der Waals surface area contributed by atoms with Crippen molar-refractivity contribution in [3.8, 4) is 0 Å². The van der Waals surface area contributed by atoms with E-state index in [0.717, 1.165) is 10.7 Å². The second-order valence-electron chi connectivity index (χ2n) is 4.29. The van der Waals surface area contributed by atoms with Gasteiger partial charge in [-0.1, -0.05) is 23.4 Å². The van der Waals surface area contributed by atoms with Gasteiger partial charge in [-0.05, 0) is 6.07 Å². The standard InChI is InChI=1S/C12H12N2O3S2/c1-14-11-9(13-15)6-7-18-12(11)8-4-2-3-5-10(8)19(14,16)17/h2-5,15H,6-7H2,1H3/b13-9-. The first-order valence-corrected chi connectivity index (χ1v) is 8.16. The van der Waals surface area contributed by atoms with E-state index in [0.29, 0.717) is 28.3 Å². The van der Waals surface area contributed by atoms with Crippen molar-refractivity contribution in [2.75, 3.05) is 12.8 Å². The Kier molecular flexibility index (Phi) is 2.83. The first-order chi connectivity index (χ1) is 9.07. The van der Waals surface area contributed by atoms with Crippen LogP contribution in [0.4, 0.5) is 0 Å². The maximum Gasteiger partial charge on any atom is 0.264 e. The maximum absolute atomic E-state index is 12.5. The molecule has 7 heteroatoms. The van der Waals surface area contributed by atoms with E-state index in [1.807, 2.05) is 6.07 Å². The van der Waals surface area contributed by atoms with Crippen molar-refractivity contribution >= 4 is 32.4 Å². The lowest BCUT2D eigenvalue weighted by molar-refractivity contribution is 0.317. The second kappa shape index (κ2) is 4.28. The number of hydrogen-bond acceptors (Lipinski definition) is 5. The van der Waals surface area contributed by atoms with Gasteiger partial charge in [0.25, 0.3) is 10.0 Å². The summed E-state index contributed by atoms with van der Waals surface area (Å²) >= 11 is 1.59. The van der Waals surface area contributed by atoms with E-state index in [2.05, 4.69) is 5.16 Å². The largest absolute Gasteiger partial charge is 0.411 e. The second-order valence-corrected chi connectivity index (χ2v) is 7.33. The van der Waals surface area contributed by atoms with Gasteiger partial charge in [-0.2, -0.15) is 0 Å². The molecule has 0 spiro atoms. The molecular weight excluding hydrogens is 284 g/mol. The predicted molar refractivity (Wildman–Crippen MR) is 74.6 cm³/mol. The predicted octanol–water partition coefficient (Wildman–Crippen LogP) is 1.96. The minimum Gasteiger partial charge on any atom is -0.411 e. The summed E-state index contributed by atoms with van der Waals surface area (Å²) in [4.78, 5) is 1.18. The Morgan fingerprint density at radius 3 is 2.84 bits per heavy atom. The number of fused-ring (bicyclic) bond motifs is 2. The molecule has 0 aliphatic carbocycles. The summed E-state index contributed by atoms with van der Waals surface area (Å²) in [6, 6.07) is 6.93. The van der Waals surface area contributed by atoms with Gasteiger partial charge < -0.3 is 5.21 Å².